The number of fused-ring (bicyclic) bond motifs is 1. The van der Waals surface area contributed by atoms with Crippen LogP contribution in [0.25, 0.3) is 11.0 Å². The van der Waals surface area contributed by atoms with E-state index in [1.54, 1.807) is 6.26 Å². The Morgan fingerprint density at radius 1 is 1.31 bits per heavy atom. The summed E-state index contributed by atoms with van der Waals surface area (Å²) in [6.07, 6.45) is 5.63. The van der Waals surface area contributed by atoms with Gasteiger partial charge in [-0.25, -0.2) is 0 Å². The van der Waals surface area contributed by atoms with Crippen LogP contribution >= 0.6 is 0 Å². The average molecular weight is 175 g/mol. The van der Waals surface area contributed by atoms with Crippen molar-refractivity contribution < 1.29 is 4.42 Å². The van der Waals surface area contributed by atoms with Crippen LogP contribution in [0, 0.1) is 0 Å². The van der Waals surface area contributed by atoms with Crippen molar-refractivity contribution in [1.82, 2.24) is 4.98 Å². The summed E-state index contributed by atoms with van der Waals surface area (Å²) in [5, 5.41) is 1.22. The van der Waals surface area contributed by atoms with Crippen molar-refractivity contribution in [3.8, 4) is 0 Å². The van der Waals surface area contributed by atoms with E-state index in [0.717, 1.165) is 24.1 Å². The van der Waals surface area contributed by atoms with Crippen LogP contribution in [-0.2, 0) is 12.8 Å². The zero-order valence-electron chi connectivity index (χ0n) is 8.00. The summed E-state index contributed by atoms with van der Waals surface area (Å²) >= 11 is 0. The lowest BCUT2D eigenvalue weighted by molar-refractivity contribution is 0.608. The summed E-state index contributed by atoms with van der Waals surface area (Å²) in [7, 11) is 0. The fourth-order valence-electron chi connectivity index (χ4n) is 1.60. The van der Waals surface area contributed by atoms with E-state index in [1.807, 2.05) is 12.3 Å². The molecule has 0 spiro atoms. The largest absolute Gasteiger partial charge is 0.462 e. The van der Waals surface area contributed by atoms with Gasteiger partial charge in [-0.3, -0.25) is 4.98 Å². The Balaban J connectivity index is 2.74. The number of aromatic nitrogens is 1. The van der Waals surface area contributed by atoms with Crippen LogP contribution in [0.4, 0.5) is 0 Å². The summed E-state index contributed by atoms with van der Waals surface area (Å²) in [4.78, 5) is 4.37. The SMILES string of the molecule is CCc1cnc(CC)c2occc12. The van der Waals surface area contributed by atoms with Crippen molar-refractivity contribution in [2.75, 3.05) is 0 Å². The van der Waals surface area contributed by atoms with E-state index in [1.165, 1.54) is 10.9 Å². The molecule has 2 heterocycles. The lowest BCUT2D eigenvalue weighted by atomic mass is 10.1. The number of pyridine rings is 1. The van der Waals surface area contributed by atoms with E-state index >= 15 is 0 Å². The van der Waals surface area contributed by atoms with Crippen LogP contribution in [-0.4, -0.2) is 4.98 Å². The second-order valence-corrected chi connectivity index (χ2v) is 3.10. The molecule has 2 aromatic rings. The number of hydrogen-bond acceptors (Lipinski definition) is 2. The Morgan fingerprint density at radius 2 is 2.15 bits per heavy atom. The monoisotopic (exact) mass is 175 g/mol. The topological polar surface area (TPSA) is 26.0 Å². The summed E-state index contributed by atoms with van der Waals surface area (Å²) in [6.45, 7) is 4.23. The van der Waals surface area contributed by atoms with Crippen molar-refractivity contribution >= 4 is 11.0 Å². The minimum Gasteiger partial charge on any atom is -0.462 e. The molecule has 2 rings (SSSR count). The molecule has 2 aromatic heterocycles. The van der Waals surface area contributed by atoms with Gasteiger partial charge in [-0.15, -0.1) is 0 Å². The molecule has 13 heavy (non-hydrogen) atoms. The smallest absolute Gasteiger partial charge is 0.155 e. The third-order valence-corrected chi connectivity index (χ3v) is 2.37. The molecule has 0 aromatic carbocycles. The molecule has 0 amide bonds. The number of hydrogen-bond donors (Lipinski definition) is 0. The number of rotatable bonds is 2. The molecule has 2 heteroatoms. The predicted octanol–water partition coefficient (Wildman–Crippen LogP) is 2.95. The van der Waals surface area contributed by atoms with Gasteiger partial charge in [0.05, 0.1) is 12.0 Å². The summed E-state index contributed by atoms with van der Waals surface area (Å²) < 4.78 is 5.42. The second-order valence-electron chi connectivity index (χ2n) is 3.10. The van der Waals surface area contributed by atoms with Gasteiger partial charge in [0.2, 0.25) is 0 Å². The molecule has 0 saturated carbocycles. The average Bonchev–Trinajstić information content (AvgIpc) is 2.64. The quantitative estimate of drug-likeness (QED) is 0.701. The van der Waals surface area contributed by atoms with Gasteiger partial charge in [-0.1, -0.05) is 13.8 Å². The molecule has 0 aliphatic rings. The normalized spacial score (nSPS) is 10.9. The van der Waals surface area contributed by atoms with Crippen molar-refractivity contribution in [3.05, 3.63) is 29.8 Å². The molecule has 0 radical (unpaired) electrons. The lowest BCUT2D eigenvalue weighted by Gasteiger charge is -2.01. The summed E-state index contributed by atoms with van der Waals surface area (Å²) in [6, 6.07) is 2.02. The maximum atomic E-state index is 5.42. The predicted molar refractivity (Wildman–Crippen MR) is 52.8 cm³/mol. The van der Waals surface area contributed by atoms with Crippen molar-refractivity contribution in [2.45, 2.75) is 26.7 Å². The minimum atomic E-state index is 0.925. The van der Waals surface area contributed by atoms with E-state index in [9.17, 15) is 0 Å². The van der Waals surface area contributed by atoms with Crippen LogP contribution in [0.15, 0.2) is 22.9 Å². The maximum Gasteiger partial charge on any atom is 0.155 e. The van der Waals surface area contributed by atoms with Crippen LogP contribution in [0.3, 0.4) is 0 Å². The maximum absolute atomic E-state index is 5.42. The van der Waals surface area contributed by atoms with Gasteiger partial charge < -0.3 is 4.42 Å². The Bertz CT molecular complexity index is 379. The highest BCUT2D eigenvalue weighted by Gasteiger charge is 2.07. The Hall–Kier alpha value is -1.31. The first-order valence-electron chi connectivity index (χ1n) is 4.70. The Morgan fingerprint density at radius 3 is 2.85 bits per heavy atom. The highest BCUT2D eigenvalue weighted by atomic mass is 16.3. The molecule has 0 aliphatic carbocycles. The van der Waals surface area contributed by atoms with Gasteiger partial charge in [0.25, 0.3) is 0 Å². The van der Waals surface area contributed by atoms with Gasteiger partial charge in [0, 0.05) is 11.6 Å². The van der Waals surface area contributed by atoms with Crippen molar-refractivity contribution in [3.63, 3.8) is 0 Å². The number of nitrogens with zero attached hydrogens (tertiary/aromatic N) is 1. The first-order valence-corrected chi connectivity index (χ1v) is 4.70. The summed E-state index contributed by atoms with van der Waals surface area (Å²) in [5.74, 6) is 0. The lowest BCUT2D eigenvalue weighted by Crippen LogP contribution is -1.90. The molecule has 0 aliphatic heterocycles. The summed E-state index contributed by atoms with van der Waals surface area (Å²) in [5.41, 5.74) is 3.28. The minimum absolute atomic E-state index is 0.925. The number of furan rings is 1. The molecule has 2 nitrogen and oxygen atoms in total. The molecule has 0 N–H and O–H groups in total. The molecule has 0 unspecified atom stereocenters. The Labute approximate surface area is 77.6 Å². The van der Waals surface area contributed by atoms with E-state index < -0.39 is 0 Å². The van der Waals surface area contributed by atoms with E-state index in [2.05, 4.69) is 18.8 Å². The molecule has 0 bridgehead atoms. The van der Waals surface area contributed by atoms with E-state index in [4.69, 9.17) is 4.42 Å². The van der Waals surface area contributed by atoms with Crippen molar-refractivity contribution in [2.24, 2.45) is 0 Å². The van der Waals surface area contributed by atoms with Gasteiger partial charge in [-0.2, -0.15) is 0 Å². The molecular formula is C11H13NO. The fourth-order valence-corrected chi connectivity index (χ4v) is 1.60. The van der Waals surface area contributed by atoms with E-state index in [-0.39, 0.29) is 0 Å². The highest BCUT2D eigenvalue weighted by Crippen LogP contribution is 2.22. The van der Waals surface area contributed by atoms with Crippen LogP contribution in [0.1, 0.15) is 25.1 Å². The van der Waals surface area contributed by atoms with Crippen LogP contribution in [0.5, 0.6) is 0 Å². The third kappa shape index (κ3) is 1.22. The van der Waals surface area contributed by atoms with E-state index in [0.29, 0.717) is 0 Å². The van der Waals surface area contributed by atoms with Crippen molar-refractivity contribution in [1.29, 1.82) is 0 Å². The first-order chi connectivity index (χ1) is 6.36. The number of aryl methyl sites for hydroxylation is 2. The second kappa shape index (κ2) is 3.21. The molecule has 0 fully saturated rings. The molecule has 0 atom stereocenters. The van der Waals surface area contributed by atoms with Gasteiger partial charge in [-0.05, 0) is 24.5 Å². The molecular weight excluding hydrogens is 162 g/mol. The van der Waals surface area contributed by atoms with Gasteiger partial charge in [0.1, 0.15) is 0 Å². The van der Waals surface area contributed by atoms with Gasteiger partial charge in [0.15, 0.2) is 5.58 Å². The first kappa shape index (κ1) is 8.30. The third-order valence-electron chi connectivity index (χ3n) is 2.37. The molecule has 0 saturated heterocycles. The standard InChI is InChI=1S/C11H13NO/c1-3-8-7-12-10(4-2)11-9(8)5-6-13-11/h5-7H,3-4H2,1-2H3. The van der Waals surface area contributed by atoms with Crippen LogP contribution in [0.2, 0.25) is 0 Å². The zero-order valence-corrected chi connectivity index (χ0v) is 8.00. The van der Waals surface area contributed by atoms with Crippen LogP contribution < -0.4 is 0 Å². The zero-order chi connectivity index (χ0) is 9.26. The molecule has 68 valence electrons. The highest BCUT2D eigenvalue weighted by molar-refractivity contribution is 5.82. The Kier molecular flexibility index (Phi) is 2.05. The fraction of sp³-hybridized carbons (Fsp3) is 0.364. The van der Waals surface area contributed by atoms with Gasteiger partial charge >= 0.3 is 0 Å².